The van der Waals surface area contributed by atoms with Crippen molar-refractivity contribution in [2.45, 2.75) is 26.1 Å². The number of nitrogens with zero attached hydrogens (tertiary/aromatic N) is 3. The van der Waals surface area contributed by atoms with Gasteiger partial charge in [0, 0.05) is 18.3 Å². The van der Waals surface area contributed by atoms with Gasteiger partial charge in [0.25, 0.3) is 5.56 Å². The molecule has 1 N–H and O–H groups in total. The maximum absolute atomic E-state index is 12.5. The van der Waals surface area contributed by atoms with E-state index >= 15 is 0 Å². The number of anilines is 1. The number of hydrogen-bond donors (Lipinski definition) is 1. The molecule has 0 atom stereocenters. The lowest BCUT2D eigenvalue weighted by molar-refractivity contribution is -0.140. The molecular weight excluding hydrogens is 369 g/mol. The van der Waals surface area contributed by atoms with Gasteiger partial charge in [0.05, 0.1) is 17.2 Å². The van der Waals surface area contributed by atoms with Crippen LogP contribution in [0.15, 0.2) is 34.7 Å². The van der Waals surface area contributed by atoms with Gasteiger partial charge in [0.1, 0.15) is 0 Å². The molecule has 0 aliphatic heterocycles. The minimum absolute atomic E-state index is 0.0546. The van der Waals surface area contributed by atoms with Crippen molar-refractivity contribution >= 4 is 33.3 Å². The fourth-order valence-corrected chi connectivity index (χ4v) is 3.10. The third-order valence-corrected chi connectivity index (χ3v) is 4.43. The van der Waals surface area contributed by atoms with Crippen LogP contribution < -0.4 is 10.9 Å². The van der Waals surface area contributed by atoms with E-state index in [1.165, 1.54) is 10.9 Å². The molecule has 0 saturated heterocycles. The second-order valence-corrected chi connectivity index (χ2v) is 6.41. The Morgan fingerprint density at radius 3 is 2.81 bits per heavy atom. The number of amides is 1. The van der Waals surface area contributed by atoms with Crippen molar-refractivity contribution in [3.63, 3.8) is 0 Å². The molecule has 10 heteroatoms. The van der Waals surface area contributed by atoms with Gasteiger partial charge in [-0.3, -0.25) is 14.2 Å². The first-order valence-corrected chi connectivity index (χ1v) is 8.41. The first-order valence-electron chi connectivity index (χ1n) is 7.53. The predicted octanol–water partition coefficient (Wildman–Crippen LogP) is 3.21. The first kappa shape index (κ1) is 18.1. The second kappa shape index (κ2) is 6.87. The van der Waals surface area contributed by atoms with Crippen LogP contribution in [0.5, 0.6) is 0 Å². The van der Waals surface area contributed by atoms with Crippen molar-refractivity contribution in [3.8, 4) is 0 Å². The number of aryl methyl sites for hydroxylation is 2. The summed E-state index contributed by atoms with van der Waals surface area (Å²) >= 11 is 0.689. The number of benzene rings is 1. The molecule has 136 valence electrons. The Morgan fingerprint density at radius 1 is 1.35 bits per heavy atom. The number of rotatable bonds is 4. The van der Waals surface area contributed by atoms with Crippen LogP contribution >= 0.6 is 11.3 Å². The molecule has 3 aromatic rings. The van der Waals surface area contributed by atoms with Gasteiger partial charge in [-0.05, 0) is 18.6 Å². The summed E-state index contributed by atoms with van der Waals surface area (Å²) in [7, 11) is 0. The fraction of sp³-hybridized carbons (Fsp3) is 0.250. The van der Waals surface area contributed by atoms with Gasteiger partial charge in [-0.15, -0.1) is 11.3 Å². The Morgan fingerprint density at radius 2 is 2.12 bits per heavy atom. The van der Waals surface area contributed by atoms with Crippen LogP contribution in [0.4, 0.5) is 18.3 Å². The topological polar surface area (TPSA) is 76.9 Å². The van der Waals surface area contributed by atoms with E-state index in [2.05, 4.69) is 15.3 Å². The lowest BCUT2D eigenvalue weighted by Crippen LogP contribution is -2.23. The zero-order valence-electron chi connectivity index (χ0n) is 13.5. The van der Waals surface area contributed by atoms with E-state index in [1.807, 2.05) is 13.0 Å². The molecular formula is C16H13F3N4O2S. The predicted molar refractivity (Wildman–Crippen MR) is 91.1 cm³/mol. The van der Waals surface area contributed by atoms with Crippen LogP contribution in [0, 0.1) is 6.92 Å². The molecule has 2 aromatic heterocycles. The number of halogens is 3. The van der Waals surface area contributed by atoms with E-state index in [9.17, 15) is 22.8 Å². The molecule has 1 aromatic carbocycles. The zero-order chi connectivity index (χ0) is 18.9. The van der Waals surface area contributed by atoms with E-state index in [-0.39, 0.29) is 23.7 Å². The lowest BCUT2D eigenvalue weighted by Gasteiger charge is -2.07. The molecule has 6 nitrogen and oxygen atoms in total. The third kappa shape index (κ3) is 3.74. The molecule has 2 heterocycles. The van der Waals surface area contributed by atoms with Gasteiger partial charge in [0.2, 0.25) is 5.91 Å². The van der Waals surface area contributed by atoms with Crippen molar-refractivity contribution in [3.05, 3.63) is 51.5 Å². The second-order valence-electron chi connectivity index (χ2n) is 5.55. The molecule has 3 rings (SSSR count). The molecule has 0 saturated carbocycles. The molecule has 0 aliphatic rings. The largest absolute Gasteiger partial charge is 0.434 e. The summed E-state index contributed by atoms with van der Waals surface area (Å²) in [5.74, 6) is -0.538. The molecule has 0 fully saturated rings. The van der Waals surface area contributed by atoms with Crippen molar-refractivity contribution in [1.29, 1.82) is 0 Å². The average molecular weight is 382 g/mol. The summed E-state index contributed by atoms with van der Waals surface area (Å²) in [6.07, 6.45) is -3.29. The van der Waals surface area contributed by atoms with Crippen LogP contribution in [0.1, 0.15) is 17.7 Å². The maximum Gasteiger partial charge on any atom is 0.434 e. The fourth-order valence-electron chi connectivity index (χ4n) is 2.36. The molecule has 26 heavy (non-hydrogen) atoms. The van der Waals surface area contributed by atoms with Crippen molar-refractivity contribution in [1.82, 2.24) is 14.5 Å². The minimum atomic E-state index is -4.55. The summed E-state index contributed by atoms with van der Waals surface area (Å²) in [5.41, 5.74) is 0.137. The number of nitrogens with one attached hydrogen (secondary N) is 1. The Labute approximate surface area is 149 Å². The highest BCUT2D eigenvalue weighted by Gasteiger charge is 2.33. The number of fused-ring (bicyclic) bond motifs is 1. The summed E-state index contributed by atoms with van der Waals surface area (Å²) < 4.78 is 38.8. The van der Waals surface area contributed by atoms with Gasteiger partial charge in [-0.1, -0.05) is 12.1 Å². The summed E-state index contributed by atoms with van der Waals surface area (Å²) in [6.45, 7) is 1.90. The number of para-hydroxylation sites is 1. The normalized spacial score (nSPS) is 11.7. The third-order valence-electron chi connectivity index (χ3n) is 3.68. The van der Waals surface area contributed by atoms with Crippen LogP contribution in [0.2, 0.25) is 0 Å². The highest BCUT2D eigenvalue weighted by Crippen LogP contribution is 2.31. The van der Waals surface area contributed by atoms with Crippen LogP contribution in [-0.4, -0.2) is 20.4 Å². The SMILES string of the molecule is Cc1cccc2c(=O)n(CCC(=O)Nc3nc(C(F)(F)F)cs3)cnc12. The van der Waals surface area contributed by atoms with E-state index in [4.69, 9.17) is 0 Å². The van der Waals surface area contributed by atoms with Gasteiger partial charge in [-0.25, -0.2) is 9.97 Å². The van der Waals surface area contributed by atoms with E-state index in [0.717, 1.165) is 10.9 Å². The zero-order valence-corrected chi connectivity index (χ0v) is 14.3. The molecule has 0 aliphatic carbocycles. The highest BCUT2D eigenvalue weighted by atomic mass is 32.1. The number of thiazole rings is 1. The van der Waals surface area contributed by atoms with Crippen LogP contribution in [0.25, 0.3) is 10.9 Å². The van der Waals surface area contributed by atoms with E-state index in [1.54, 1.807) is 12.1 Å². The Balaban J connectivity index is 1.68. The monoisotopic (exact) mass is 382 g/mol. The Kier molecular flexibility index (Phi) is 4.77. The maximum atomic E-state index is 12.5. The van der Waals surface area contributed by atoms with E-state index < -0.39 is 17.8 Å². The number of carbonyl (C=O) groups excluding carboxylic acids is 1. The molecule has 0 radical (unpaired) electrons. The standard InChI is InChI=1S/C16H13F3N4O2S/c1-9-3-2-4-10-13(9)20-8-23(14(10)25)6-5-12(24)22-15-21-11(7-26-15)16(17,18)19/h2-4,7-8H,5-6H2,1H3,(H,21,22,24). The number of alkyl halides is 3. The molecule has 0 bridgehead atoms. The first-order chi connectivity index (χ1) is 12.3. The van der Waals surface area contributed by atoms with E-state index in [0.29, 0.717) is 22.2 Å². The van der Waals surface area contributed by atoms with Gasteiger partial charge in [0.15, 0.2) is 10.8 Å². The molecule has 1 amide bonds. The number of carbonyl (C=O) groups is 1. The van der Waals surface area contributed by atoms with Crippen molar-refractivity contribution in [2.24, 2.45) is 0 Å². The molecule has 0 unspecified atom stereocenters. The number of hydrogen-bond acceptors (Lipinski definition) is 5. The van der Waals surface area contributed by atoms with Crippen LogP contribution in [-0.2, 0) is 17.5 Å². The van der Waals surface area contributed by atoms with Crippen molar-refractivity contribution < 1.29 is 18.0 Å². The van der Waals surface area contributed by atoms with Gasteiger partial charge in [-0.2, -0.15) is 13.2 Å². The highest BCUT2D eigenvalue weighted by molar-refractivity contribution is 7.13. The Hall–Kier alpha value is -2.75. The number of aromatic nitrogens is 3. The summed E-state index contributed by atoms with van der Waals surface area (Å²) in [6, 6.07) is 5.25. The summed E-state index contributed by atoms with van der Waals surface area (Å²) in [4.78, 5) is 31.9. The lowest BCUT2D eigenvalue weighted by atomic mass is 10.1. The van der Waals surface area contributed by atoms with Gasteiger partial charge < -0.3 is 5.32 Å². The van der Waals surface area contributed by atoms with Gasteiger partial charge >= 0.3 is 6.18 Å². The summed E-state index contributed by atoms with van der Waals surface area (Å²) in [5, 5.41) is 3.44. The van der Waals surface area contributed by atoms with Crippen molar-refractivity contribution in [2.75, 3.05) is 5.32 Å². The minimum Gasteiger partial charge on any atom is -0.302 e. The smallest absolute Gasteiger partial charge is 0.302 e. The quantitative estimate of drug-likeness (QED) is 0.752. The average Bonchev–Trinajstić information content (AvgIpc) is 3.04. The van der Waals surface area contributed by atoms with Crippen LogP contribution in [0.3, 0.4) is 0 Å². The molecule has 0 spiro atoms. The Bertz CT molecular complexity index is 1030.